The van der Waals surface area contributed by atoms with Gasteiger partial charge in [0.1, 0.15) is 0 Å². The van der Waals surface area contributed by atoms with E-state index in [0.29, 0.717) is 5.92 Å². The van der Waals surface area contributed by atoms with Crippen LogP contribution in [0.2, 0.25) is 0 Å². The molecule has 2 aliphatic rings. The summed E-state index contributed by atoms with van der Waals surface area (Å²) in [4.78, 5) is 0. The number of aryl methyl sites for hydroxylation is 1. The number of rotatable bonds is 3. The van der Waals surface area contributed by atoms with Crippen LogP contribution in [0.3, 0.4) is 0 Å². The highest BCUT2D eigenvalue weighted by Crippen LogP contribution is 2.35. The van der Waals surface area contributed by atoms with Crippen LogP contribution in [0.4, 0.5) is 0 Å². The highest BCUT2D eigenvalue weighted by molar-refractivity contribution is 5.29. The minimum atomic E-state index is -0.0614. The molecule has 1 fully saturated rings. The molecule has 1 aromatic carbocycles. The van der Waals surface area contributed by atoms with Gasteiger partial charge in [-0.3, -0.25) is 0 Å². The van der Waals surface area contributed by atoms with Crippen LogP contribution in [0.15, 0.2) is 24.3 Å². The van der Waals surface area contributed by atoms with Crippen molar-refractivity contribution in [2.24, 2.45) is 11.8 Å². The number of aliphatic hydroxyl groups excluding tert-OH is 1. The number of hydrogen-bond donors (Lipinski definition) is 1. The number of benzene rings is 1. The third-order valence-electron chi connectivity index (χ3n) is 4.73. The van der Waals surface area contributed by atoms with Crippen molar-refractivity contribution in [3.8, 4) is 0 Å². The van der Waals surface area contributed by atoms with E-state index in [-0.39, 0.29) is 6.10 Å². The highest BCUT2D eigenvalue weighted by atomic mass is 16.3. The molecule has 1 N–H and O–H groups in total. The van der Waals surface area contributed by atoms with Crippen molar-refractivity contribution in [2.45, 2.75) is 51.0 Å². The predicted octanol–water partition coefficient (Wildman–Crippen LogP) is 3.34. The topological polar surface area (TPSA) is 20.2 Å². The number of aliphatic hydroxyl groups is 1. The second-order valence-electron chi connectivity index (χ2n) is 5.87. The van der Waals surface area contributed by atoms with Gasteiger partial charge in [-0.05, 0) is 48.6 Å². The smallest absolute Gasteiger partial charge is 0.0574 e. The Bertz CT molecular complexity index is 381. The lowest BCUT2D eigenvalue weighted by Crippen LogP contribution is -2.30. The van der Waals surface area contributed by atoms with Crippen molar-refractivity contribution in [1.29, 1.82) is 0 Å². The number of fused-ring (bicyclic) bond motifs is 1. The van der Waals surface area contributed by atoms with Crippen molar-refractivity contribution in [3.63, 3.8) is 0 Å². The van der Waals surface area contributed by atoms with Crippen LogP contribution in [0, 0.1) is 11.8 Å². The molecule has 2 atom stereocenters. The van der Waals surface area contributed by atoms with Gasteiger partial charge in [-0.15, -0.1) is 0 Å². The molecule has 0 amide bonds. The van der Waals surface area contributed by atoms with Gasteiger partial charge in [-0.2, -0.15) is 0 Å². The summed E-state index contributed by atoms with van der Waals surface area (Å²) in [6.07, 6.45) is 8.48. The first-order valence-corrected chi connectivity index (χ1v) is 7.08. The Morgan fingerprint density at radius 3 is 2.59 bits per heavy atom. The maximum atomic E-state index is 10.3. The molecule has 1 aromatic rings. The van der Waals surface area contributed by atoms with Crippen LogP contribution in [-0.4, -0.2) is 11.2 Å². The summed E-state index contributed by atoms with van der Waals surface area (Å²) in [5, 5.41) is 10.3. The summed E-state index contributed by atoms with van der Waals surface area (Å²) in [6, 6.07) is 8.73. The lowest BCUT2D eigenvalue weighted by atomic mass is 9.75. The minimum absolute atomic E-state index is 0.0614. The zero-order valence-electron chi connectivity index (χ0n) is 10.4. The third-order valence-corrected chi connectivity index (χ3v) is 4.73. The van der Waals surface area contributed by atoms with Gasteiger partial charge in [-0.1, -0.05) is 43.5 Å². The largest absolute Gasteiger partial charge is 0.393 e. The fraction of sp³-hybridized carbons (Fsp3) is 0.625. The van der Waals surface area contributed by atoms with E-state index >= 15 is 0 Å². The van der Waals surface area contributed by atoms with E-state index in [1.54, 1.807) is 0 Å². The zero-order chi connectivity index (χ0) is 11.7. The maximum absolute atomic E-state index is 10.3. The van der Waals surface area contributed by atoms with E-state index in [2.05, 4.69) is 24.3 Å². The van der Waals surface area contributed by atoms with Gasteiger partial charge in [0.05, 0.1) is 6.10 Å². The Hall–Kier alpha value is -0.820. The Morgan fingerprint density at radius 2 is 1.88 bits per heavy atom. The normalized spacial score (nSPS) is 26.1. The van der Waals surface area contributed by atoms with Crippen molar-refractivity contribution >= 4 is 0 Å². The van der Waals surface area contributed by atoms with Gasteiger partial charge in [0.25, 0.3) is 0 Å². The molecular formula is C16H22O. The highest BCUT2D eigenvalue weighted by Gasteiger charge is 2.28. The van der Waals surface area contributed by atoms with Gasteiger partial charge in [0.15, 0.2) is 0 Å². The lowest BCUT2D eigenvalue weighted by Gasteiger charge is -2.33. The summed E-state index contributed by atoms with van der Waals surface area (Å²) in [6.45, 7) is 0. The third kappa shape index (κ3) is 2.40. The SMILES string of the molecule is OC(CC1CCC1)C1CCc2ccccc2C1. The van der Waals surface area contributed by atoms with Crippen LogP contribution in [-0.2, 0) is 12.8 Å². The first kappa shape index (κ1) is 11.3. The molecule has 1 nitrogen and oxygen atoms in total. The minimum Gasteiger partial charge on any atom is -0.393 e. The predicted molar refractivity (Wildman–Crippen MR) is 69.9 cm³/mol. The van der Waals surface area contributed by atoms with E-state index in [4.69, 9.17) is 0 Å². The van der Waals surface area contributed by atoms with Crippen molar-refractivity contribution in [2.75, 3.05) is 0 Å². The molecule has 92 valence electrons. The van der Waals surface area contributed by atoms with E-state index in [9.17, 15) is 5.11 Å². The second kappa shape index (κ2) is 4.81. The standard InChI is InChI=1S/C16H22O/c17-16(10-12-4-3-5-12)15-9-8-13-6-1-2-7-14(13)11-15/h1-2,6-7,12,15-17H,3-5,8-11H2. The van der Waals surface area contributed by atoms with Crippen LogP contribution in [0.1, 0.15) is 43.2 Å². The van der Waals surface area contributed by atoms with Crippen LogP contribution in [0.25, 0.3) is 0 Å². The summed E-state index contributed by atoms with van der Waals surface area (Å²) in [7, 11) is 0. The first-order chi connectivity index (χ1) is 8.33. The van der Waals surface area contributed by atoms with Gasteiger partial charge in [0.2, 0.25) is 0 Å². The van der Waals surface area contributed by atoms with Crippen LogP contribution in [0.5, 0.6) is 0 Å². The molecule has 2 aliphatic carbocycles. The van der Waals surface area contributed by atoms with E-state index in [1.165, 1.54) is 36.8 Å². The fourth-order valence-electron chi connectivity index (χ4n) is 3.32. The molecule has 17 heavy (non-hydrogen) atoms. The van der Waals surface area contributed by atoms with Crippen LogP contribution >= 0.6 is 0 Å². The maximum Gasteiger partial charge on any atom is 0.0574 e. The summed E-state index contributed by atoms with van der Waals surface area (Å²) in [5.74, 6) is 1.33. The molecule has 0 heterocycles. The van der Waals surface area contributed by atoms with E-state index < -0.39 is 0 Å². The Balaban J connectivity index is 1.62. The zero-order valence-corrected chi connectivity index (χ0v) is 10.4. The molecule has 2 unspecified atom stereocenters. The Kier molecular flexibility index (Phi) is 3.19. The molecule has 0 aromatic heterocycles. The molecular weight excluding hydrogens is 208 g/mol. The van der Waals surface area contributed by atoms with Gasteiger partial charge in [-0.25, -0.2) is 0 Å². The molecule has 1 saturated carbocycles. The summed E-state index contributed by atoms with van der Waals surface area (Å²) in [5.41, 5.74) is 2.97. The molecule has 3 rings (SSSR count). The quantitative estimate of drug-likeness (QED) is 0.844. The molecule has 0 spiro atoms. The monoisotopic (exact) mass is 230 g/mol. The molecule has 0 radical (unpaired) electrons. The van der Waals surface area contributed by atoms with Crippen molar-refractivity contribution < 1.29 is 5.11 Å². The summed E-state index contributed by atoms with van der Waals surface area (Å²) >= 11 is 0. The average molecular weight is 230 g/mol. The van der Waals surface area contributed by atoms with Crippen molar-refractivity contribution in [1.82, 2.24) is 0 Å². The van der Waals surface area contributed by atoms with Crippen LogP contribution < -0.4 is 0 Å². The molecule has 0 saturated heterocycles. The fourth-order valence-corrected chi connectivity index (χ4v) is 3.32. The van der Waals surface area contributed by atoms with Gasteiger partial charge < -0.3 is 5.11 Å². The molecule has 0 bridgehead atoms. The molecule has 1 heteroatoms. The lowest BCUT2D eigenvalue weighted by molar-refractivity contribution is 0.0594. The Morgan fingerprint density at radius 1 is 1.12 bits per heavy atom. The van der Waals surface area contributed by atoms with Gasteiger partial charge >= 0.3 is 0 Å². The second-order valence-corrected chi connectivity index (χ2v) is 5.87. The summed E-state index contributed by atoms with van der Waals surface area (Å²) < 4.78 is 0. The first-order valence-electron chi connectivity index (χ1n) is 7.08. The number of hydrogen-bond acceptors (Lipinski definition) is 1. The Labute approximate surface area is 104 Å². The van der Waals surface area contributed by atoms with E-state index in [0.717, 1.165) is 25.2 Å². The van der Waals surface area contributed by atoms with E-state index in [1.807, 2.05) is 0 Å². The van der Waals surface area contributed by atoms with Crippen molar-refractivity contribution in [3.05, 3.63) is 35.4 Å². The van der Waals surface area contributed by atoms with Gasteiger partial charge in [0, 0.05) is 0 Å². The molecule has 0 aliphatic heterocycles. The average Bonchev–Trinajstić information content (AvgIpc) is 2.33.